The molecular formula is C21H25ClO3. The van der Waals surface area contributed by atoms with E-state index in [-0.39, 0.29) is 5.41 Å². The van der Waals surface area contributed by atoms with Crippen LogP contribution < -0.4 is 0 Å². The fourth-order valence-electron chi connectivity index (χ4n) is 3.03. The Balaban J connectivity index is 1.48. The summed E-state index contributed by atoms with van der Waals surface area (Å²) in [7, 11) is 0. The molecule has 3 rings (SSSR count). The molecule has 4 heteroatoms. The van der Waals surface area contributed by atoms with E-state index in [0.29, 0.717) is 24.8 Å². The fourth-order valence-corrected chi connectivity index (χ4v) is 3.22. The predicted molar refractivity (Wildman–Crippen MR) is 99.4 cm³/mol. The van der Waals surface area contributed by atoms with E-state index in [1.807, 2.05) is 30.3 Å². The molecule has 0 atom stereocenters. The zero-order valence-electron chi connectivity index (χ0n) is 14.6. The minimum absolute atomic E-state index is 0.0556. The molecule has 0 bridgehead atoms. The Bertz CT molecular complexity index is 651. The first-order valence-corrected chi connectivity index (χ1v) is 9.21. The summed E-state index contributed by atoms with van der Waals surface area (Å²) in [6.07, 6.45) is 3.11. The standard InChI is InChI=1S/C21H25ClO3/c1-2-21(13-12-17-8-4-3-5-9-17)15-24-20(25-16-21)23-14-18-10-6-7-11-19(18)22/h3-11,20H,2,12-16H2,1H3. The van der Waals surface area contributed by atoms with Crippen molar-refractivity contribution in [1.82, 2.24) is 0 Å². The van der Waals surface area contributed by atoms with Crippen molar-refractivity contribution in [1.29, 1.82) is 0 Å². The number of ether oxygens (including phenoxy) is 3. The first-order chi connectivity index (χ1) is 12.2. The van der Waals surface area contributed by atoms with E-state index in [1.165, 1.54) is 5.56 Å². The van der Waals surface area contributed by atoms with Crippen LogP contribution in [0.2, 0.25) is 5.02 Å². The van der Waals surface area contributed by atoms with E-state index in [0.717, 1.165) is 24.8 Å². The van der Waals surface area contributed by atoms with Crippen molar-refractivity contribution < 1.29 is 14.2 Å². The molecule has 2 aromatic carbocycles. The summed E-state index contributed by atoms with van der Waals surface area (Å²) in [5.74, 6) is 0. The lowest BCUT2D eigenvalue weighted by Gasteiger charge is -2.39. The molecule has 3 nitrogen and oxygen atoms in total. The lowest BCUT2D eigenvalue weighted by molar-refractivity contribution is -0.343. The molecule has 0 amide bonds. The van der Waals surface area contributed by atoms with Gasteiger partial charge >= 0.3 is 0 Å². The van der Waals surface area contributed by atoms with E-state index in [1.54, 1.807) is 0 Å². The molecular weight excluding hydrogens is 336 g/mol. The number of halogens is 1. The lowest BCUT2D eigenvalue weighted by Crippen LogP contribution is -2.42. The zero-order chi connectivity index (χ0) is 17.5. The molecule has 0 aromatic heterocycles. The topological polar surface area (TPSA) is 27.7 Å². The van der Waals surface area contributed by atoms with Gasteiger partial charge in [0.25, 0.3) is 6.48 Å². The summed E-state index contributed by atoms with van der Waals surface area (Å²) < 4.78 is 17.4. The summed E-state index contributed by atoms with van der Waals surface area (Å²) in [6, 6.07) is 18.2. The first kappa shape index (κ1) is 18.4. The maximum Gasteiger partial charge on any atom is 0.271 e. The molecule has 1 aliphatic heterocycles. The number of rotatable bonds is 7. The lowest BCUT2D eigenvalue weighted by atomic mass is 9.81. The van der Waals surface area contributed by atoms with Gasteiger partial charge in [-0.1, -0.05) is 67.1 Å². The Morgan fingerprint density at radius 3 is 2.40 bits per heavy atom. The number of hydrogen-bond donors (Lipinski definition) is 0. The Hall–Kier alpha value is -1.39. The van der Waals surface area contributed by atoms with Crippen LogP contribution in [-0.2, 0) is 27.2 Å². The minimum atomic E-state index is -0.618. The maximum absolute atomic E-state index is 6.15. The van der Waals surface area contributed by atoms with Gasteiger partial charge < -0.3 is 14.2 Å². The predicted octanol–water partition coefficient (Wildman–Crippen LogP) is 5.22. The van der Waals surface area contributed by atoms with Crippen molar-refractivity contribution in [2.75, 3.05) is 13.2 Å². The third kappa shape index (κ3) is 5.05. The van der Waals surface area contributed by atoms with Gasteiger partial charge in [0, 0.05) is 10.4 Å². The average molecular weight is 361 g/mol. The van der Waals surface area contributed by atoms with Gasteiger partial charge in [-0.15, -0.1) is 0 Å². The van der Waals surface area contributed by atoms with Crippen molar-refractivity contribution in [3.63, 3.8) is 0 Å². The van der Waals surface area contributed by atoms with E-state index >= 15 is 0 Å². The SMILES string of the molecule is CCC1(CCc2ccccc2)COC(OCc2ccccc2Cl)OC1. The van der Waals surface area contributed by atoms with Gasteiger partial charge in [0.05, 0.1) is 19.8 Å². The van der Waals surface area contributed by atoms with Gasteiger partial charge in [-0.2, -0.15) is 0 Å². The quantitative estimate of drug-likeness (QED) is 0.677. The fraction of sp³-hybridized carbons (Fsp3) is 0.429. The van der Waals surface area contributed by atoms with Crippen LogP contribution in [0.4, 0.5) is 0 Å². The molecule has 0 spiro atoms. The van der Waals surface area contributed by atoms with Gasteiger partial charge in [0.15, 0.2) is 0 Å². The van der Waals surface area contributed by atoms with Crippen molar-refractivity contribution in [2.45, 2.75) is 39.3 Å². The second-order valence-corrected chi connectivity index (χ2v) is 7.06. The van der Waals surface area contributed by atoms with Gasteiger partial charge in [-0.3, -0.25) is 0 Å². The molecule has 0 N–H and O–H groups in total. The van der Waals surface area contributed by atoms with Crippen LogP contribution in [0.1, 0.15) is 30.9 Å². The van der Waals surface area contributed by atoms with Crippen LogP contribution in [0, 0.1) is 5.41 Å². The van der Waals surface area contributed by atoms with Gasteiger partial charge in [0.1, 0.15) is 0 Å². The molecule has 1 heterocycles. The van der Waals surface area contributed by atoms with E-state index < -0.39 is 6.48 Å². The van der Waals surface area contributed by atoms with E-state index in [2.05, 4.69) is 31.2 Å². The van der Waals surface area contributed by atoms with Crippen LogP contribution in [0.15, 0.2) is 54.6 Å². The van der Waals surface area contributed by atoms with Crippen molar-refractivity contribution in [3.8, 4) is 0 Å². The minimum Gasteiger partial charge on any atom is -0.329 e. The molecule has 0 unspecified atom stereocenters. The number of hydrogen-bond acceptors (Lipinski definition) is 3. The molecule has 1 saturated heterocycles. The summed E-state index contributed by atoms with van der Waals surface area (Å²) in [6.45, 7) is 3.27. The molecule has 0 saturated carbocycles. The van der Waals surface area contributed by atoms with Crippen LogP contribution in [0.3, 0.4) is 0 Å². The Morgan fingerprint density at radius 1 is 1.04 bits per heavy atom. The molecule has 1 fully saturated rings. The van der Waals surface area contributed by atoms with Crippen molar-refractivity contribution in [3.05, 3.63) is 70.7 Å². The summed E-state index contributed by atoms with van der Waals surface area (Å²) >= 11 is 6.15. The molecule has 134 valence electrons. The zero-order valence-corrected chi connectivity index (χ0v) is 15.4. The first-order valence-electron chi connectivity index (χ1n) is 8.83. The number of aryl methyl sites for hydroxylation is 1. The van der Waals surface area contributed by atoms with Gasteiger partial charge in [-0.25, -0.2) is 0 Å². The average Bonchev–Trinajstić information content (AvgIpc) is 2.67. The van der Waals surface area contributed by atoms with Crippen LogP contribution in [0.25, 0.3) is 0 Å². The highest BCUT2D eigenvalue weighted by Crippen LogP contribution is 2.34. The third-order valence-electron chi connectivity index (χ3n) is 4.92. The van der Waals surface area contributed by atoms with Crippen LogP contribution in [0.5, 0.6) is 0 Å². The molecule has 2 aromatic rings. The van der Waals surface area contributed by atoms with Crippen LogP contribution >= 0.6 is 11.6 Å². The maximum atomic E-state index is 6.15. The van der Waals surface area contributed by atoms with Gasteiger partial charge in [0.2, 0.25) is 0 Å². The smallest absolute Gasteiger partial charge is 0.271 e. The second-order valence-electron chi connectivity index (χ2n) is 6.65. The van der Waals surface area contributed by atoms with Crippen LogP contribution in [-0.4, -0.2) is 19.7 Å². The van der Waals surface area contributed by atoms with E-state index in [4.69, 9.17) is 25.8 Å². The number of benzene rings is 2. The molecule has 0 radical (unpaired) electrons. The third-order valence-corrected chi connectivity index (χ3v) is 5.29. The normalized spacial score (nSPS) is 23.5. The van der Waals surface area contributed by atoms with Crippen molar-refractivity contribution >= 4 is 11.6 Å². The largest absolute Gasteiger partial charge is 0.329 e. The molecule has 0 aliphatic carbocycles. The Kier molecular flexibility index (Phi) is 6.49. The summed E-state index contributed by atoms with van der Waals surface area (Å²) in [5, 5.41) is 0.698. The Labute approximate surface area is 154 Å². The molecule has 25 heavy (non-hydrogen) atoms. The van der Waals surface area contributed by atoms with Crippen molar-refractivity contribution in [2.24, 2.45) is 5.41 Å². The summed E-state index contributed by atoms with van der Waals surface area (Å²) in [5.41, 5.74) is 2.35. The van der Waals surface area contributed by atoms with Gasteiger partial charge in [-0.05, 0) is 36.5 Å². The highest BCUT2D eigenvalue weighted by Gasteiger charge is 2.35. The highest BCUT2D eigenvalue weighted by molar-refractivity contribution is 6.31. The monoisotopic (exact) mass is 360 g/mol. The Morgan fingerprint density at radius 2 is 1.72 bits per heavy atom. The second kappa shape index (κ2) is 8.81. The van der Waals surface area contributed by atoms with E-state index in [9.17, 15) is 0 Å². The highest BCUT2D eigenvalue weighted by atomic mass is 35.5. The molecule has 1 aliphatic rings. The summed E-state index contributed by atoms with van der Waals surface area (Å²) in [4.78, 5) is 0.